The zero-order valence-corrected chi connectivity index (χ0v) is 17.5. The predicted octanol–water partition coefficient (Wildman–Crippen LogP) is 5.28. The Morgan fingerprint density at radius 2 is 1.15 bits per heavy atom. The number of aromatic nitrogens is 2. The number of hydrogen-bond donors (Lipinski definition) is 0. The van der Waals surface area contributed by atoms with Crippen molar-refractivity contribution in [1.82, 2.24) is 4.57 Å². The molecule has 0 amide bonds. The summed E-state index contributed by atoms with van der Waals surface area (Å²) in [6.45, 7) is 18.6. The molecule has 3 rings (SSSR count). The Balaban J connectivity index is 2.10. The second-order valence-electron chi connectivity index (χ2n) is 7.91. The molecule has 0 unspecified atom stereocenters. The summed E-state index contributed by atoms with van der Waals surface area (Å²) < 4.78 is 4.75. The van der Waals surface area contributed by atoms with Crippen LogP contribution in [0.25, 0.3) is 5.69 Å². The van der Waals surface area contributed by atoms with Gasteiger partial charge in [0.2, 0.25) is 6.33 Å². The smallest absolute Gasteiger partial charge is 0.229 e. The fourth-order valence-corrected chi connectivity index (χ4v) is 4.26. The van der Waals surface area contributed by atoms with E-state index in [0.29, 0.717) is 0 Å². The van der Waals surface area contributed by atoms with Gasteiger partial charge in [0.05, 0.1) is 0 Å². The molecule has 2 aromatic carbocycles. The lowest BCUT2D eigenvalue weighted by Crippen LogP contribution is -2.36. The van der Waals surface area contributed by atoms with Crippen molar-refractivity contribution in [3.05, 3.63) is 80.9 Å². The fraction of sp³-hybridized carbons (Fsp3) is 0.375. The fourth-order valence-electron chi connectivity index (χ4n) is 4.26. The molecule has 0 radical (unpaired) electrons. The average Bonchev–Trinajstić information content (AvgIpc) is 2.78. The van der Waals surface area contributed by atoms with Crippen molar-refractivity contribution in [2.24, 2.45) is 0 Å². The van der Waals surface area contributed by atoms with Gasteiger partial charge in [0, 0.05) is 13.8 Å². The van der Waals surface area contributed by atoms with Crippen LogP contribution in [0, 0.1) is 55.4 Å². The molecule has 0 fully saturated rings. The van der Waals surface area contributed by atoms with Gasteiger partial charge in [-0.25, -0.2) is 4.57 Å². The second kappa shape index (κ2) is 6.75. The van der Waals surface area contributed by atoms with E-state index >= 15 is 0 Å². The van der Waals surface area contributed by atoms with Crippen LogP contribution in [0.5, 0.6) is 0 Å². The van der Waals surface area contributed by atoms with Crippen LogP contribution in [0.3, 0.4) is 0 Å². The molecule has 0 spiro atoms. The van der Waals surface area contributed by atoms with Crippen LogP contribution in [0.15, 0.2) is 30.6 Å². The zero-order chi connectivity index (χ0) is 19.2. The van der Waals surface area contributed by atoms with Crippen molar-refractivity contribution in [3.8, 4) is 5.69 Å². The van der Waals surface area contributed by atoms with Crippen LogP contribution in [-0.2, 0) is 6.54 Å². The first kappa shape index (κ1) is 18.4. The van der Waals surface area contributed by atoms with Gasteiger partial charge >= 0.3 is 0 Å². The normalized spacial score (nSPS) is 11.2. The molecule has 1 aromatic heterocycles. The van der Waals surface area contributed by atoms with Gasteiger partial charge in [0.25, 0.3) is 0 Å². The molecule has 2 nitrogen and oxygen atoms in total. The maximum absolute atomic E-state index is 2.39. The van der Waals surface area contributed by atoms with E-state index in [9.17, 15) is 0 Å². The van der Waals surface area contributed by atoms with Crippen molar-refractivity contribution in [2.75, 3.05) is 0 Å². The molecule has 26 heavy (non-hydrogen) atoms. The Bertz CT molecular complexity index is 944. The van der Waals surface area contributed by atoms with Crippen LogP contribution in [0.2, 0.25) is 0 Å². The summed E-state index contributed by atoms with van der Waals surface area (Å²) in [6.07, 6.45) is 2.27. The minimum Gasteiger partial charge on any atom is -0.229 e. The van der Waals surface area contributed by atoms with Crippen LogP contribution >= 0.6 is 0 Å². The third kappa shape index (κ3) is 3.21. The maximum Gasteiger partial charge on any atom is 0.249 e. The molecule has 1 heterocycles. The van der Waals surface area contributed by atoms with E-state index < -0.39 is 0 Å². The standard InChI is InChI=1S/C24H31N2/c1-15-9-17(3)23(18(4)10-15)13-25-14-26(22(8)21(25)7)24-19(5)11-16(2)12-20(24)6/h9-12,14H,13H2,1-8H3/q+1. The largest absolute Gasteiger partial charge is 0.249 e. The lowest BCUT2D eigenvalue weighted by molar-refractivity contribution is -0.693. The van der Waals surface area contributed by atoms with Crippen LogP contribution in [0.1, 0.15) is 50.3 Å². The van der Waals surface area contributed by atoms with Crippen molar-refractivity contribution < 1.29 is 4.57 Å². The van der Waals surface area contributed by atoms with Gasteiger partial charge in [0.1, 0.15) is 23.6 Å². The first-order valence-corrected chi connectivity index (χ1v) is 9.42. The summed E-state index contributed by atoms with van der Waals surface area (Å²) in [5.41, 5.74) is 13.4. The Labute approximate surface area is 158 Å². The van der Waals surface area contributed by atoms with E-state index in [0.717, 1.165) is 6.54 Å². The quantitative estimate of drug-likeness (QED) is 0.570. The highest BCUT2D eigenvalue weighted by Gasteiger charge is 2.22. The first-order chi connectivity index (χ1) is 12.2. The molecule has 0 bridgehead atoms. The molecule has 0 aliphatic carbocycles. The molecule has 0 saturated heterocycles. The first-order valence-electron chi connectivity index (χ1n) is 9.42. The van der Waals surface area contributed by atoms with Crippen LogP contribution < -0.4 is 4.57 Å². The van der Waals surface area contributed by atoms with E-state index in [1.807, 2.05) is 0 Å². The highest BCUT2D eigenvalue weighted by atomic mass is 15.1. The lowest BCUT2D eigenvalue weighted by atomic mass is 10.00. The lowest BCUT2D eigenvalue weighted by Gasteiger charge is -2.10. The molecule has 0 aliphatic heterocycles. The van der Waals surface area contributed by atoms with Crippen LogP contribution in [0.4, 0.5) is 0 Å². The predicted molar refractivity (Wildman–Crippen MR) is 109 cm³/mol. The number of nitrogens with zero attached hydrogens (tertiary/aromatic N) is 2. The maximum atomic E-state index is 2.39. The van der Waals surface area contributed by atoms with Crippen molar-refractivity contribution in [1.29, 1.82) is 0 Å². The third-order valence-electron chi connectivity index (χ3n) is 5.62. The average molecular weight is 348 g/mol. The van der Waals surface area contributed by atoms with Gasteiger partial charge in [0.15, 0.2) is 0 Å². The Morgan fingerprint density at radius 3 is 1.65 bits per heavy atom. The Hall–Kier alpha value is -2.35. The second-order valence-corrected chi connectivity index (χ2v) is 7.91. The van der Waals surface area contributed by atoms with Gasteiger partial charge in [-0.3, -0.25) is 0 Å². The number of aryl methyl sites for hydroxylation is 6. The number of benzene rings is 2. The minimum atomic E-state index is 0.918. The molecule has 0 N–H and O–H groups in total. The van der Waals surface area contributed by atoms with E-state index in [-0.39, 0.29) is 0 Å². The third-order valence-corrected chi connectivity index (χ3v) is 5.62. The molecular weight excluding hydrogens is 316 g/mol. The molecule has 2 heteroatoms. The van der Waals surface area contributed by atoms with Crippen molar-refractivity contribution >= 4 is 0 Å². The van der Waals surface area contributed by atoms with Gasteiger partial charge in [-0.2, -0.15) is 4.57 Å². The highest BCUT2D eigenvalue weighted by Crippen LogP contribution is 2.23. The van der Waals surface area contributed by atoms with Gasteiger partial charge < -0.3 is 0 Å². The molecule has 136 valence electrons. The molecule has 0 aliphatic rings. The topological polar surface area (TPSA) is 8.81 Å². The van der Waals surface area contributed by atoms with E-state index in [2.05, 4.69) is 95.1 Å². The van der Waals surface area contributed by atoms with E-state index in [1.165, 1.54) is 56.0 Å². The van der Waals surface area contributed by atoms with Crippen molar-refractivity contribution in [2.45, 2.75) is 61.9 Å². The molecular formula is C24H31N2+. The van der Waals surface area contributed by atoms with Gasteiger partial charge in [-0.15, -0.1) is 0 Å². The molecule has 0 atom stereocenters. The zero-order valence-electron chi connectivity index (χ0n) is 17.5. The highest BCUT2D eigenvalue weighted by molar-refractivity contribution is 5.50. The van der Waals surface area contributed by atoms with E-state index in [4.69, 9.17) is 0 Å². The Morgan fingerprint density at radius 1 is 0.692 bits per heavy atom. The summed E-state index contributed by atoms with van der Waals surface area (Å²) in [7, 11) is 0. The molecule has 0 saturated carbocycles. The van der Waals surface area contributed by atoms with Gasteiger partial charge in [-0.1, -0.05) is 35.4 Å². The monoisotopic (exact) mass is 347 g/mol. The van der Waals surface area contributed by atoms with Gasteiger partial charge in [-0.05, 0) is 69.4 Å². The minimum absolute atomic E-state index is 0.918. The van der Waals surface area contributed by atoms with E-state index in [1.54, 1.807) is 0 Å². The number of hydrogen-bond acceptors (Lipinski definition) is 0. The summed E-state index contributed by atoms with van der Waals surface area (Å²) >= 11 is 0. The SMILES string of the molecule is Cc1cc(C)c(C[n+]2cn(-c3c(C)cc(C)cc3C)c(C)c2C)c(C)c1. The van der Waals surface area contributed by atoms with Crippen LogP contribution in [-0.4, -0.2) is 4.57 Å². The summed E-state index contributed by atoms with van der Waals surface area (Å²) in [5.74, 6) is 0. The van der Waals surface area contributed by atoms with Crippen molar-refractivity contribution in [3.63, 3.8) is 0 Å². The molecule has 3 aromatic rings. The Kier molecular flexibility index (Phi) is 4.79. The number of imidazole rings is 1. The number of rotatable bonds is 3. The summed E-state index contributed by atoms with van der Waals surface area (Å²) in [5, 5.41) is 0. The summed E-state index contributed by atoms with van der Waals surface area (Å²) in [6, 6.07) is 9.12. The summed E-state index contributed by atoms with van der Waals surface area (Å²) in [4.78, 5) is 0.